The molecule has 3 rings (SSSR count). The number of hydrogen-bond acceptors (Lipinski definition) is 4. The van der Waals surface area contributed by atoms with Crippen molar-refractivity contribution in [2.75, 3.05) is 26.2 Å². The molecular formula is C19H26N4O. The summed E-state index contributed by atoms with van der Waals surface area (Å²) in [5.74, 6) is 0.221. The van der Waals surface area contributed by atoms with E-state index in [0.717, 1.165) is 43.7 Å². The van der Waals surface area contributed by atoms with Crippen molar-refractivity contribution in [2.45, 2.75) is 26.3 Å². The van der Waals surface area contributed by atoms with E-state index in [-0.39, 0.29) is 11.8 Å². The predicted molar refractivity (Wildman–Crippen MR) is 96.5 cm³/mol. The normalized spacial score (nSPS) is 18.7. The molecule has 128 valence electrons. The molecule has 2 aromatic rings. The Balaban J connectivity index is 1.64. The molecule has 24 heavy (non-hydrogen) atoms. The fourth-order valence-electron chi connectivity index (χ4n) is 3.39. The molecule has 1 aromatic heterocycles. The minimum Gasteiger partial charge on any atom is -0.355 e. The Morgan fingerprint density at radius 3 is 3.08 bits per heavy atom. The minimum atomic E-state index is 0.0788. The molecule has 0 saturated carbocycles. The second-order valence-electron chi connectivity index (χ2n) is 6.63. The van der Waals surface area contributed by atoms with Crippen LogP contribution in [-0.2, 0) is 11.3 Å². The SMILES string of the molecule is Cc1ccc2cc(CN3CCCC(C(=O)NCCN)C3)ccc2n1. The summed E-state index contributed by atoms with van der Waals surface area (Å²) in [4.78, 5) is 19.1. The molecule has 1 aliphatic rings. The van der Waals surface area contributed by atoms with Crippen LogP contribution in [0, 0.1) is 12.8 Å². The monoisotopic (exact) mass is 326 g/mol. The van der Waals surface area contributed by atoms with E-state index in [1.165, 1.54) is 10.9 Å². The molecule has 0 spiro atoms. The summed E-state index contributed by atoms with van der Waals surface area (Å²) in [6.45, 7) is 5.81. The molecule has 5 nitrogen and oxygen atoms in total. The Kier molecular flexibility index (Phi) is 5.43. The van der Waals surface area contributed by atoms with E-state index in [9.17, 15) is 4.79 Å². The van der Waals surface area contributed by atoms with Crippen LogP contribution in [0.15, 0.2) is 30.3 Å². The van der Waals surface area contributed by atoms with Gasteiger partial charge >= 0.3 is 0 Å². The number of rotatable bonds is 5. The number of carbonyl (C=O) groups excluding carboxylic acids is 1. The van der Waals surface area contributed by atoms with Crippen molar-refractivity contribution in [3.05, 3.63) is 41.6 Å². The topological polar surface area (TPSA) is 71.2 Å². The van der Waals surface area contributed by atoms with Gasteiger partial charge in [-0.25, -0.2) is 0 Å². The van der Waals surface area contributed by atoms with Crippen LogP contribution >= 0.6 is 0 Å². The highest BCUT2D eigenvalue weighted by atomic mass is 16.1. The summed E-state index contributed by atoms with van der Waals surface area (Å²) >= 11 is 0. The molecule has 3 N–H and O–H groups in total. The average molecular weight is 326 g/mol. The summed E-state index contributed by atoms with van der Waals surface area (Å²) in [7, 11) is 0. The van der Waals surface area contributed by atoms with E-state index in [2.05, 4.69) is 39.5 Å². The standard InChI is InChI=1S/C19H26N4O/c1-14-4-6-16-11-15(5-7-18(16)22-14)12-23-10-2-3-17(13-23)19(24)21-9-8-20/h4-7,11,17H,2-3,8-10,12-13,20H2,1H3,(H,21,24). The van der Waals surface area contributed by atoms with Crippen LogP contribution in [0.25, 0.3) is 10.9 Å². The van der Waals surface area contributed by atoms with Crippen LogP contribution in [0.1, 0.15) is 24.1 Å². The Morgan fingerprint density at radius 2 is 2.25 bits per heavy atom. The van der Waals surface area contributed by atoms with Crippen LogP contribution in [-0.4, -0.2) is 42.0 Å². The van der Waals surface area contributed by atoms with Crippen molar-refractivity contribution >= 4 is 16.8 Å². The van der Waals surface area contributed by atoms with Gasteiger partial charge in [-0.1, -0.05) is 12.1 Å². The summed E-state index contributed by atoms with van der Waals surface area (Å²) in [6.07, 6.45) is 2.03. The van der Waals surface area contributed by atoms with E-state index in [4.69, 9.17) is 5.73 Å². The van der Waals surface area contributed by atoms with Crippen molar-refractivity contribution in [1.82, 2.24) is 15.2 Å². The highest BCUT2D eigenvalue weighted by Crippen LogP contribution is 2.21. The van der Waals surface area contributed by atoms with Crippen LogP contribution in [0.2, 0.25) is 0 Å². The molecule has 0 aliphatic carbocycles. The Bertz CT molecular complexity index is 716. The van der Waals surface area contributed by atoms with Crippen molar-refractivity contribution < 1.29 is 4.79 Å². The lowest BCUT2D eigenvalue weighted by Crippen LogP contribution is -2.43. The van der Waals surface area contributed by atoms with Gasteiger partial charge in [0.1, 0.15) is 0 Å². The maximum Gasteiger partial charge on any atom is 0.224 e. The number of hydrogen-bond donors (Lipinski definition) is 2. The molecule has 5 heteroatoms. The molecule has 0 bridgehead atoms. The maximum absolute atomic E-state index is 12.2. The molecule has 1 aliphatic heterocycles. The van der Waals surface area contributed by atoms with Crippen LogP contribution in [0.4, 0.5) is 0 Å². The van der Waals surface area contributed by atoms with Crippen LogP contribution in [0.3, 0.4) is 0 Å². The first-order valence-corrected chi connectivity index (χ1v) is 8.72. The van der Waals surface area contributed by atoms with Gasteiger partial charge in [-0.3, -0.25) is 14.7 Å². The minimum absolute atomic E-state index is 0.0788. The third-order valence-corrected chi connectivity index (χ3v) is 4.62. The lowest BCUT2D eigenvalue weighted by Gasteiger charge is -2.32. The van der Waals surface area contributed by atoms with Crippen molar-refractivity contribution in [3.8, 4) is 0 Å². The highest BCUT2D eigenvalue weighted by molar-refractivity contribution is 5.79. The molecule has 1 saturated heterocycles. The first kappa shape index (κ1) is 16.9. The lowest BCUT2D eigenvalue weighted by molar-refractivity contribution is -0.126. The fourth-order valence-corrected chi connectivity index (χ4v) is 3.39. The average Bonchev–Trinajstić information content (AvgIpc) is 2.60. The number of aryl methyl sites for hydroxylation is 1. The second-order valence-corrected chi connectivity index (χ2v) is 6.63. The van der Waals surface area contributed by atoms with Crippen molar-refractivity contribution in [2.24, 2.45) is 11.7 Å². The fraction of sp³-hybridized carbons (Fsp3) is 0.474. The highest BCUT2D eigenvalue weighted by Gasteiger charge is 2.25. The smallest absolute Gasteiger partial charge is 0.224 e. The summed E-state index contributed by atoms with van der Waals surface area (Å²) < 4.78 is 0. The Morgan fingerprint density at radius 1 is 1.38 bits per heavy atom. The Hall–Kier alpha value is -1.98. The number of nitrogens with zero attached hydrogens (tertiary/aromatic N) is 2. The van der Waals surface area contributed by atoms with Gasteiger partial charge in [-0.05, 0) is 50.1 Å². The van der Waals surface area contributed by atoms with Gasteiger partial charge in [0, 0.05) is 37.3 Å². The number of amides is 1. The molecule has 1 unspecified atom stereocenters. The number of aromatic nitrogens is 1. The molecular weight excluding hydrogens is 300 g/mol. The number of fused-ring (bicyclic) bond motifs is 1. The van der Waals surface area contributed by atoms with Gasteiger partial charge < -0.3 is 11.1 Å². The first-order valence-electron chi connectivity index (χ1n) is 8.72. The summed E-state index contributed by atoms with van der Waals surface area (Å²) in [6, 6.07) is 10.6. The maximum atomic E-state index is 12.2. The summed E-state index contributed by atoms with van der Waals surface area (Å²) in [5, 5.41) is 4.09. The zero-order valence-electron chi connectivity index (χ0n) is 14.3. The number of nitrogens with two attached hydrogens (primary N) is 1. The van der Waals surface area contributed by atoms with Gasteiger partial charge in [-0.15, -0.1) is 0 Å². The van der Waals surface area contributed by atoms with E-state index < -0.39 is 0 Å². The Labute approximate surface area is 143 Å². The van der Waals surface area contributed by atoms with Crippen molar-refractivity contribution in [3.63, 3.8) is 0 Å². The third kappa shape index (κ3) is 4.10. The van der Waals surface area contributed by atoms with Gasteiger partial charge in [-0.2, -0.15) is 0 Å². The van der Waals surface area contributed by atoms with E-state index in [1.54, 1.807) is 0 Å². The molecule has 1 aromatic carbocycles. The molecule has 1 amide bonds. The van der Waals surface area contributed by atoms with E-state index in [1.807, 2.05) is 13.0 Å². The number of likely N-dealkylation sites (tertiary alicyclic amines) is 1. The second kappa shape index (κ2) is 7.73. The largest absolute Gasteiger partial charge is 0.355 e. The first-order chi connectivity index (χ1) is 11.7. The van der Waals surface area contributed by atoms with Gasteiger partial charge in [0.25, 0.3) is 0 Å². The number of piperidine rings is 1. The quantitative estimate of drug-likeness (QED) is 0.879. The summed E-state index contributed by atoms with van der Waals surface area (Å²) in [5.41, 5.74) is 8.81. The van der Waals surface area contributed by atoms with Gasteiger partial charge in [0.2, 0.25) is 5.91 Å². The van der Waals surface area contributed by atoms with E-state index >= 15 is 0 Å². The number of nitrogens with one attached hydrogen (secondary N) is 1. The lowest BCUT2D eigenvalue weighted by atomic mass is 9.96. The zero-order valence-corrected chi connectivity index (χ0v) is 14.3. The van der Waals surface area contributed by atoms with Crippen molar-refractivity contribution in [1.29, 1.82) is 0 Å². The van der Waals surface area contributed by atoms with Gasteiger partial charge in [0.15, 0.2) is 0 Å². The molecule has 2 heterocycles. The third-order valence-electron chi connectivity index (χ3n) is 4.62. The number of benzene rings is 1. The molecule has 0 radical (unpaired) electrons. The van der Waals surface area contributed by atoms with E-state index in [0.29, 0.717) is 13.1 Å². The van der Waals surface area contributed by atoms with Crippen LogP contribution in [0.5, 0.6) is 0 Å². The molecule has 1 fully saturated rings. The number of pyridine rings is 1. The van der Waals surface area contributed by atoms with Gasteiger partial charge in [0.05, 0.1) is 11.4 Å². The predicted octanol–water partition coefficient (Wildman–Crippen LogP) is 1.83. The van der Waals surface area contributed by atoms with Crippen LogP contribution < -0.4 is 11.1 Å². The number of carbonyl (C=O) groups is 1. The molecule has 1 atom stereocenters. The zero-order chi connectivity index (χ0) is 16.9.